The number of halogens is 8. The first kappa shape index (κ1) is 25.2. The summed E-state index contributed by atoms with van der Waals surface area (Å²) in [5.41, 5.74) is 0.199. The van der Waals surface area contributed by atoms with Gasteiger partial charge in [0.2, 0.25) is 5.95 Å². The Bertz CT molecular complexity index is 1230. The molecule has 0 N–H and O–H groups in total. The summed E-state index contributed by atoms with van der Waals surface area (Å²) in [6.07, 6.45) is -7.64. The topological polar surface area (TPSA) is 65.3 Å². The summed E-state index contributed by atoms with van der Waals surface area (Å²) in [4.78, 5) is 13.9. The Morgan fingerprint density at radius 2 is 1.63 bits per heavy atom. The second-order valence-electron chi connectivity index (χ2n) is 7.62. The van der Waals surface area contributed by atoms with Crippen LogP contribution in [-0.4, -0.2) is 45.5 Å². The summed E-state index contributed by atoms with van der Waals surface area (Å²) in [7, 11) is 0. The first-order valence-electron chi connectivity index (χ1n) is 10.1. The number of benzene rings is 1. The summed E-state index contributed by atoms with van der Waals surface area (Å²) >= 11 is 6.22. The molecule has 0 fully saturated rings. The minimum Gasteiger partial charge on any atom is -0.401 e. The van der Waals surface area contributed by atoms with Gasteiger partial charge in [0.1, 0.15) is 5.52 Å². The van der Waals surface area contributed by atoms with Crippen molar-refractivity contribution < 1.29 is 40.2 Å². The SMILES string of the molecule is Cc1nc(OC(F)F)nc(C)c1N1CCCn2c1nc1c(Cl)ccc(C(OC(F)F)C(F)(F)F)c12. The molecular formula is C20H17ClF7N5O2. The number of fused-ring (bicyclic) bond motifs is 3. The third kappa shape index (κ3) is 4.81. The maximum atomic E-state index is 13.7. The van der Waals surface area contributed by atoms with Crippen LogP contribution < -0.4 is 9.64 Å². The first-order chi connectivity index (χ1) is 16.4. The lowest BCUT2D eigenvalue weighted by atomic mass is 10.1. The van der Waals surface area contributed by atoms with Gasteiger partial charge in [0.15, 0.2) is 6.10 Å². The van der Waals surface area contributed by atoms with E-state index in [1.165, 1.54) is 18.4 Å². The number of imidazole rings is 1. The van der Waals surface area contributed by atoms with E-state index < -0.39 is 37.1 Å². The molecule has 2 aromatic heterocycles. The minimum absolute atomic E-state index is 0.00828. The van der Waals surface area contributed by atoms with Crippen LogP contribution in [0.2, 0.25) is 5.02 Å². The van der Waals surface area contributed by atoms with E-state index in [0.717, 1.165) is 12.1 Å². The lowest BCUT2D eigenvalue weighted by molar-refractivity contribution is -0.276. The van der Waals surface area contributed by atoms with E-state index in [1.807, 2.05) is 0 Å². The molecular weight excluding hydrogens is 511 g/mol. The molecule has 1 unspecified atom stereocenters. The molecule has 1 atom stereocenters. The average Bonchev–Trinajstić information content (AvgIpc) is 3.12. The third-order valence-electron chi connectivity index (χ3n) is 5.36. The summed E-state index contributed by atoms with van der Waals surface area (Å²) < 4.78 is 102. The van der Waals surface area contributed by atoms with Crippen LogP contribution in [0.1, 0.15) is 29.5 Å². The highest BCUT2D eigenvalue weighted by molar-refractivity contribution is 6.35. The first-order valence-corrected chi connectivity index (χ1v) is 10.5. The van der Waals surface area contributed by atoms with E-state index in [0.29, 0.717) is 18.7 Å². The lowest BCUT2D eigenvalue weighted by Gasteiger charge is -2.31. The molecule has 3 heterocycles. The van der Waals surface area contributed by atoms with Gasteiger partial charge in [0, 0.05) is 18.7 Å². The summed E-state index contributed by atoms with van der Waals surface area (Å²) in [6.45, 7) is -3.20. The van der Waals surface area contributed by atoms with Gasteiger partial charge < -0.3 is 18.9 Å². The fourth-order valence-electron chi connectivity index (χ4n) is 4.18. The predicted octanol–water partition coefficient (Wildman–Crippen LogP) is 6.08. The van der Waals surface area contributed by atoms with Gasteiger partial charge in [0.05, 0.1) is 27.6 Å². The number of alkyl halides is 7. The quantitative estimate of drug-likeness (QED) is 0.362. The average molecular weight is 528 g/mol. The molecule has 190 valence electrons. The van der Waals surface area contributed by atoms with Gasteiger partial charge in [-0.3, -0.25) is 0 Å². The Hall–Kier alpha value is -2.87. The number of nitrogens with zero attached hydrogens (tertiary/aromatic N) is 5. The van der Waals surface area contributed by atoms with Gasteiger partial charge in [-0.05, 0) is 26.3 Å². The van der Waals surface area contributed by atoms with Crippen LogP contribution in [0.5, 0.6) is 6.01 Å². The number of hydrogen-bond acceptors (Lipinski definition) is 6. The summed E-state index contributed by atoms with van der Waals surface area (Å²) in [6, 6.07) is 1.58. The van der Waals surface area contributed by atoms with Crippen LogP contribution in [0, 0.1) is 13.8 Å². The maximum absolute atomic E-state index is 13.7. The lowest BCUT2D eigenvalue weighted by Crippen LogP contribution is -2.30. The van der Waals surface area contributed by atoms with Gasteiger partial charge in [0.25, 0.3) is 0 Å². The van der Waals surface area contributed by atoms with Crippen molar-refractivity contribution in [2.75, 3.05) is 11.4 Å². The van der Waals surface area contributed by atoms with E-state index in [1.54, 1.807) is 4.90 Å². The molecule has 3 aromatic rings. The van der Waals surface area contributed by atoms with Crippen molar-refractivity contribution in [3.8, 4) is 6.01 Å². The Labute approximate surface area is 198 Å². The van der Waals surface area contributed by atoms with Crippen LogP contribution in [0.25, 0.3) is 11.0 Å². The van der Waals surface area contributed by atoms with Crippen molar-refractivity contribution in [1.29, 1.82) is 0 Å². The fraction of sp³-hybridized carbons (Fsp3) is 0.450. The second kappa shape index (κ2) is 9.30. The third-order valence-corrected chi connectivity index (χ3v) is 5.66. The molecule has 7 nitrogen and oxygen atoms in total. The van der Waals surface area contributed by atoms with Crippen molar-refractivity contribution in [2.45, 2.75) is 52.3 Å². The van der Waals surface area contributed by atoms with Crippen molar-refractivity contribution in [3.63, 3.8) is 0 Å². The molecule has 0 spiro atoms. The van der Waals surface area contributed by atoms with Crippen molar-refractivity contribution in [1.82, 2.24) is 19.5 Å². The molecule has 35 heavy (non-hydrogen) atoms. The Morgan fingerprint density at radius 3 is 2.20 bits per heavy atom. The minimum atomic E-state index is -5.14. The van der Waals surface area contributed by atoms with Gasteiger partial charge in [-0.2, -0.15) is 40.7 Å². The molecule has 4 rings (SSSR count). The highest BCUT2D eigenvalue weighted by Gasteiger charge is 2.45. The fourth-order valence-corrected chi connectivity index (χ4v) is 4.38. The molecule has 1 aromatic carbocycles. The molecule has 0 amide bonds. The molecule has 1 aliphatic heterocycles. The van der Waals surface area contributed by atoms with Gasteiger partial charge in [-0.25, -0.2) is 4.98 Å². The zero-order chi connectivity index (χ0) is 25.7. The molecule has 1 aliphatic rings. The monoisotopic (exact) mass is 527 g/mol. The van der Waals surface area contributed by atoms with Gasteiger partial charge >= 0.3 is 25.4 Å². The number of hydrogen-bond donors (Lipinski definition) is 0. The molecule has 0 radical (unpaired) electrons. The summed E-state index contributed by atoms with van der Waals surface area (Å²) in [5.74, 6) is 0.163. The van der Waals surface area contributed by atoms with E-state index in [-0.39, 0.29) is 39.9 Å². The van der Waals surface area contributed by atoms with E-state index in [4.69, 9.17) is 11.6 Å². The predicted molar refractivity (Wildman–Crippen MR) is 110 cm³/mol. The zero-order valence-corrected chi connectivity index (χ0v) is 18.8. The molecule has 0 saturated carbocycles. The normalized spacial score (nSPS) is 15.3. The number of aromatic nitrogens is 4. The highest BCUT2D eigenvalue weighted by Crippen LogP contribution is 2.44. The van der Waals surface area contributed by atoms with Crippen molar-refractivity contribution >= 4 is 34.3 Å². The van der Waals surface area contributed by atoms with E-state index in [9.17, 15) is 30.7 Å². The molecule has 0 saturated heterocycles. The van der Waals surface area contributed by atoms with Crippen LogP contribution >= 0.6 is 11.6 Å². The van der Waals surface area contributed by atoms with Crippen LogP contribution in [0.3, 0.4) is 0 Å². The largest absolute Gasteiger partial charge is 0.419 e. The van der Waals surface area contributed by atoms with Crippen LogP contribution in [0.4, 0.5) is 42.4 Å². The molecule has 0 bridgehead atoms. The summed E-state index contributed by atoms with van der Waals surface area (Å²) in [5, 5.41) is 0.00828. The second-order valence-corrected chi connectivity index (χ2v) is 8.03. The van der Waals surface area contributed by atoms with E-state index >= 15 is 0 Å². The van der Waals surface area contributed by atoms with Gasteiger partial charge in [-0.15, -0.1) is 0 Å². The Balaban J connectivity index is 1.90. The standard InChI is InChI=1S/C20H17ClF7N5O2/c1-8-13(9(2)30-18(29-8)35-17(24)25)32-6-3-7-33-14-10(15(20(26,27)28)34-16(22)23)4-5-11(21)12(14)31-19(32)33/h4-5,15-17H,3,6-7H2,1-2H3. The number of aryl methyl sites for hydroxylation is 3. The van der Waals surface area contributed by atoms with Crippen molar-refractivity contribution in [2.24, 2.45) is 0 Å². The maximum Gasteiger partial charge on any atom is 0.419 e. The van der Waals surface area contributed by atoms with E-state index in [2.05, 4.69) is 24.4 Å². The number of ether oxygens (including phenoxy) is 2. The number of rotatable bonds is 6. The molecule has 0 aliphatic carbocycles. The smallest absolute Gasteiger partial charge is 0.401 e. The Kier molecular flexibility index (Phi) is 6.70. The van der Waals surface area contributed by atoms with Gasteiger partial charge in [-0.1, -0.05) is 17.7 Å². The van der Waals surface area contributed by atoms with Crippen LogP contribution in [-0.2, 0) is 11.3 Å². The molecule has 15 heteroatoms. The Morgan fingerprint density at radius 1 is 0.971 bits per heavy atom. The zero-order valence-electron chi connectivity index (χ0n) is 18.1. The van der Waals surface area contributed by atoms with Crippen LogP contribution in [0.15, 0.2) is 12.1 Å². The number of anilines is 2. The highest BCUT2D eigenvalue weighted by atomic mass is 35.5. The van der Waals surface area contributed by atoms with Crippen molar-refractivity contribution in [3.05, 3.63) is 34.1 Å².